The van der Waals surface area contributed by atoms with Gasteiger partial charge in [0.05, 0.1) is 11.4 Å². The number of benzene rings is 2. The highest BCUT2D eigenvalue weighted by atomic mass is 32.2. The van der Waals surface area contributed by atoms with Crippen molar-refractivity contribution < 1.29 is 32.3 Å². The molecule has 0 saturated carbocycles. The molecular formula is C37H59N5O7S. The number of carbonyl (C=O) groups excluding carboxylic acids is 3. The van der Waals surface area contributed by atoms with Crippen LogP contribution in [0.4, 0.5) is 0 Å². The molecule has 0 unspecified atom stereocenters. The number of hydrogen-bond donors (Lipinski definition) is 4. The Bertz CT molecular complexity index is 1600. The zero-order valence-corrected chi connectivity index (χ0v) is 32.8. The number of nitrogens with one attached hydrogen (secondary N) is 3. The number of ether oxygens (including phenoxy) is 2. The fraction of sp³-hybridized carbons (Fsp3) is 0.568. The number of sulfonamides is 1. The molecule has 1 atom stereocenters. The molecule has 2 amide bonds. The van der Waals surface area contributed by atoms with E-state index in [2.05, 4.69) is 20.3 Å². The van der Waals surface area contributed by atoms with E-state index in [1.54, 1.807) is 27.7 Å². The molecule has 13 heteroatoms. The predicted molar refractivity (Wildman–Crippen MR) is 199 cm³/mol. The molecule has 0 fully saturated rings. The Kier molecular flexibility index (Phi) is 17.0. The molecule has 0 bridgehead atoms. The number of esters is 1. The van der Waals surface area contributed by atoms with Crippen molar-refractivity contribution in [2.75, 3.05) is 13.1 Å². The number of fused-ring (bicyclic) bond motifs is 1. The summed E-state index contributed by atoms with van der Waals surface area (Å²) in [7, 11) is -3.79. The van der Waals surface area contributed by atoms with Crippen molar-refractivity contribution in [3.8, 4) is 5.75 Å². The largest absolute Gasteiger partial charge is 0.487 e. The first-order chi connectivity index (χ1) is 23.2. The topological polar surface area (TPSA) is 178 Å². The molecule has 1 aliphatic rings. The summed E-state index contributed by atoms with van der Waals surface area (Å²) >= 11 is 0. The molecule has 0 radical (unpaired) electrons. The van der Waals surface area contributed by atoms with Gasteiger partial charge in [0.2, 0.25) is 17.8 Å². The van der Waals surface area contributed by atoms with Crippen molar-refractivity contribution in [1.82, 2.24) is 15.4 Å². The highest BCUT2D eigenvalue weighted by Crippen LogP contribution is 2.43. The SMILES string of the molecule is CC.CCCN=C(N)NS(=O)(=O)c1c(C)c(C)c2c(c1C)CC(C)(C)O2.C[C@@H](Cc1ccccc1)NC(=O)CNC(=O)CC(=O)OC(C)(C)C. The summed E-state index contributed by atoms with van der Waals surface area (Å²) in [5.41, 5.74) is 9.07. The second-order valence-corrected chi connectivity index (χ2v) is 15.2. The van der Waals surface area contributed by atoms with E-state index in [0.717, 1.165) is 34.4 Å². The van der Waals surface area contributed by atoms with Gasteiger partial charge < -0.3 is 25.8 Å². The maximum atomic E-state index is 12.8. The monoisotopic (exact) mass is 717 g/mol. The molecule has 0 spiro atoms. The summed E-state index contributed by atoms with van der Waals surface area (Å²) in [6.45, 7) is 22.9. The van der Waals surface area contributed by atoms with Gasteiger partial charge >= 0.3 is 5.97 Å². The van der Waals surface area contributed by atoms with Crippen molar-refractivity contribution in [3.63, 3.8) is 0 Å². The first-order valence-electron chi connectivity index (χ1n) is 17.1. The minimum atomic E-state index is -3.79. The molecule has 1 aliphatic heterocycles. The third kappa shape index (κ3) is 14.4. The lowest BCUT2D eigenvalue weighted by atomic mass is 9.94. The van der Waals surface area contributed by atoms with Crippen molar-refractivity contribution in [3.05, 3.63) is 58.1 Å². The first kappa shape index (κ1) is 43.9. The third-order valence-electron chi connectivity index (χ3n) is 7.27. The van der Waals surface area contributed by atoms with E-state index >= 15 is 0 Å². The number of guanidine groups is 1. The van der Waals surface area contributed by atoms with Crippen LogP contribution in [-0.2, 0) is 42.0 Å². The molecular weight excluding hydrogens is 659 g/mol. The number of rotatable bonds is 11. The van der Waals surface area contributed by atoms with Gasteiger partial charge in [-0.1, -0.05) is 51.1 Å². The van der Waals surface area contributed by atoms with Gasteiger partial charge in [-0.3, -0.25) is 19.4 Å². The lowest BCUT2D eigenvalue weighted by molar-refractivity contribution is -0.156. The molecule has 0 aromatic heterocycles. The Balaban J connectivity index is 0.000000476. The van der Waals surface area contributed by atoms with E-state index in [0.29, 0.717) is 24.9 Å². The summed E-state index contributed by atoms with van der Waals surface area (Å²) in [5.74, 6) is -0.712. The zero-order chi connectivity index (χ0) is 38.4. The number of carbonyl (C=O) groups is 3. The van der Waals surface area contributed by atoms with Crippen molar-refractivity contribution >= 4 is 33.8 Å². The van der Waals surface area contributed by atoms with Gasteiger partial charge in [0, 0.05) is 24.6 Å². The second-order valence-electron chi connectivity index (χ2n) is 13.6. The molecule has 2 aromatic rings. The summed E-state index contributed by atoms with van der Waals surface area (Å²) in [4.78, 5) is 39.2. The minimum Gasteiger partial charge on any atom is -0.487 e. The summed E-state index contributed by atoms with van der Waals surface area (Å²) in [6.07, 6.45) is 1.78. The molecule has 1 heterocycles. The number of nitrogens with two attached hydrogens (primary N) is 1. The van der Waals surface area contributed by atoms with Crippen molar-refractivity contribution in [2.45, 2.75) is 131 Å². The molecule has 2 aromatic carbocycles. The van der Waals surface area contributed by atoms with Crippen LogP contribution >= 0.6 is 0 Å². The number of hydrogen-bond acceptors (Lipinski definition) is 8. The minimum absolute atomic E-state index is 0.0531. The standard InChI is InChI=1S/C18H26N2O4.C17H27N3O3S.C2H6/c1-13(10-14-8-6-5-7-9-14)20-16(22)12-19-15(21)11-17(23)24-18(2,3)4;1-7-8-19-16(18)20-24(21,22)15-11(3)10(2)14-13(12(15)4)9-17(5,6)23-14;1-2/h5-9,13H,10-12H2,1-4H3,(H,19,21)(H,20,22);7-9H2,1-6H3,(H3,18,19,20);1-2H3/t13-;;/m0../s1. The average molecular weight is 718 g/mol. The van der Waals surface area contributed by atoms with Gasteiger partial charge in [-0.2, -0.15) is 0 Å². The Morgan fingerprint density at radius 2 is 1.62 bits per heavy atom. The summed E-state index contributed by atoms with van der Waals surface area (Å²) < 4.78 is 39.2. The molecule has 0 saturated heterocycles. The van der Waals surface area contributed by atoms with E-state index in [1.807, 2.05) is 85.7 Å². The van der Waals surface area contributed by atoms with Crippen LogP contribution in [0, 0.1) is 20.8 Å². The van der Waals surface area contributed by atoms with Crippen LogP contribution in [0.2, 0.25) is 0 Å². The average Bonchev–Trinajstić information content (AvgIpc) is 3.34. The molecule has 3 rings (SSSR count). The van der Waals surface area contributed by atoms with Gasteiger partial charge in [-0.05, 0) is 97.4 Å². The van der Waals surface area contributed by atoms with Crippen molar-refractivity contribution in [1.29, 1.82) is 0 Å². The smallest absolute Gasteiger partial charge is 0.315 e. The van der Waals surface area contributed by atoms with Gasteiger partial charge in [0.15, 0.2) is 0 Å². The predicted octanol–water partition coefficient (Wildman–Crippen LogP) is 4.94. The van der Waals surface area contributed by atoms with Gasteiger partial charge in [-0.15, -0.1) is 0 Å². The fourth-order valence-corrected chi connectivity index (χ4v) is 6.72. The van der Waals surface area contributed by atoms with E-state index in [-0.39, 0.29) is 34.9 Å². The highest BCUT2D eigenvalue weighted by Gasteiger charge is 2.36. The van der Waals surface area contributed by atoms with Crippen LogP contribution in [-0.4, -0.2) is 62.5 Å². The number of aliphatic imine (C=N–C) groups is 1. The van der Waals surface area contributed by atoms with Crippen LogP contribution in [0.25, 0.3) is 0 Å². The zero-order valence-electron chi connectivity index (χ0n) is 32.0. The fourth-order valence-electron chi connectivity index (χ4n) is 5.20. The van der Waals surface area contributed by atoms with Gasteiger partial charge in [0.1, 0.15) is 23.4 Å². The molecule has 5 N–H and O–H groups in total. The lowest BCUT2D eigenvalue weighted by Gasteiger charge is -2.19. The Morgan fingerprint density at radius 1 is 1.02 bits per heavy atom. The molecule has 50 heavy (non-hydrogen) atoms. The maximum absolute atomic E-state index is 12.8. The van der Waals surface area contributed by atoms with Crippen LogP contribution in [0.5, 0.6) is 5.75 Å². The Labute approximate surface area is 299 Å². The van der Waals surface area contributed by atoms with E-state index < -0.39 is 33.9 Å². The van der Waals surface area contributed by atoms with E-state index in [1.165, 1.54) is 0 Å². The molecule has 0 aliphatic carbocycles. The van der Waals surface area contributed by atoms with Crippen LogP contribution < -0.4 is 25.8 Å². The van der Waals surface area contributed by atoms with Gasteiger partial charge in [-0.25, -0.2) is 13.1 Å². The number of nitrogens with zero attached hydrogens (tertiary/aromatic N) is 1. The summed E-state index contributed by atoms with van der Waals surface area (Å²) in [6, 6.07) is 9.76. The molecule has 280 valence electrons. The third-order valence-corrected chi connectivity index (χ3v) is 8.90. The Morgan fingerprint density at radius 3 is 2.18 bits per heavy atom. The van der Waals surface area contributed by atoms with E-state index in [4.69, 9.17) is 15.2 Å². The highest BCUT2D eigenvalue weighted by molar-refractivity contribution is 7.90. The lowest BCUT2D eigenvalue weighted by Crippen LogP contribution is -2.42. The quantitative estimate of drug-likeness (QED) is 0.109. The van der Waals surface area contributed by atoms with Gasteiger partial charge in [0.25, 0.3) is 10.0 Å². The van der Waals surface area contributed by atoms with Crippen molar-refractivity contribution in [2.24, 2.45) is 10.7 Å². The molecule has 12 nitrogen and oxygen atoms in total. The van der Waals surface area contributed by atoms with Crippen LogP contribution in [0.1, 0.15) is 103 Å². The first-order valence-corrected chi connectivity index (χ1v) is 18.6. The maximum Gasteiger partial charge on any atom is 0.315 e. The van der Waals surface area contributed by atoms with Crippen LogP contribution in [0.15, 0.2) is 40.2 Å². The van der Waals surface area contributed by atoms with E-state index in [9.17, 15) is 22.8 Å². The normalized spacial score (nSPS) is 14.0. The van der Waals surface area contributed by atoms with Crippen LogP contribution in [0.3, 0.4) is 0 Å². The Hall–Kier alpha value is -4.13. The summed E-state index contributed by atoms with van der Waals surface area (Å²) in [5, 5.41) is 5.22. The second kappa shape index (κ2) is 19.3. The number of amides is 2.